The van der Waals surface area contributed by atoms with E-state index in [-0.39, 0.29) is 12.3 Å². The fraction of sp³-hybridized carbons (Fsp3) is 0.300. The summed E-state index contributed by atoms with van der Waals surface area (Å²) in [5, 5.41) is 0.651. The van der Waals surface area contributed by atoms with Gasteiger partial charge in [-0.15, -0.1) is 0 Å². The molecule has 7 nitrogen and oxygen atoms in total. The van der Waals surface area contributed by atoms with Crippen molar-refractivity contribution in [2.75, 3.05) is 19.8 Å². The molecular weight excluding hydrogens is 384 g/mol. The molecule has 0 bridgehead atoms. The Balaban J connectivity index is 1.38. The number of carbonyl (C=O) groups is 2. The third kappa shape index (κ3) is 5.29. The second-order valence-electron chi connectivity index (χ2n) is 6.22. The smallest absolute Gasteiger partial charge is 0.269 e. The number of ether oxygens (including phenoxy) is 3. The van der Waals surface area contributed by atoms with Crippen LogP contribution in [-0.2, 0) is 4.79 Å². The summed E-state index contributed by atoms with van der Waals surface area (Å²) in [5.74, 6) is 1.11. The lowest BCUT2D eigenvalue weighted by Gasteiger charge is -2.18. The Labute approximate surface area is 167 Å². The van der Waals surface area contributed by atoms with E-state index in [2.05, 4.69) is 10.9 Å². The highest BCUT2D eigenvalue weighted by Gasteiger charge is 2.15. The predicted octanol–water partition coefficient (Wildman–Crippen LogP) is 3.04. The second-order valence-corrected chi connectivity index (χ2v) is 6.66. The Kier molecular flexibility index (Phi) is 6.60. The highest BCUT2D eigenvalue weighted by molar-refractivity contribution is 6.30. The third-order valence-corrected chi connectivity index (χ3v) is 4.30. The third-order valence-electron chi connectivity index (χ3n) is 4.06. The second kappa shape index (κ2) is 9.32. The summed E-state index contributed by atoms with van der Waals surface area (Å²) in [6, 6.07) is 10.2. The van der Waals surface area contributed by atoms with Crippen molar-refractivity contribution in [2.24, 2.45) is 0 Å². The van der Waals surface area contributed by atoms with Crippen LogP contribution < -0.4 is 25.1 Å². The van der Waals surface area contributed by atoms with E-state index in [0.29, 0.717) is 48.3 Å². The number of hydrogen-bond acceptors (Lipinski definition) is 5. The number of carbonyl (C=O) groups excluding carboxylic acids is 2. The average molecular weight is 405 g/mol. The number of hydrazine groups is 1. The molecule has 0 fully saturated rings. The number of halogens is 1. The molecule has 2 N–H and O–H groups in total. The fourth-order valence-corrected chi connectivity index (χ4v) is 2.86. The van der Waals surface area contributed by atoms with E-state index in [1.54, 1.807) is 30.3 Å². The predicted molar refractivity (Wildman–Crippen MR) is 104 cm³/mol. The van der Waals surface area contributed by atoms with Crippen LogP contribution in [0.25, 0.3) is 0 Å². The number of aryl methyl sites for hydroxylation is 1. The molecule has 1 aliphatic heterocycles. The van der Waals surface area contributed by atoms with Crippen LogP contribution in [0.4, 0.5) is 0 Å². The first-order valence-corrected chi connectivity index (χ1v) is 9.28. The Bertz CT molecular complexity index is 872. The lowest BCUT2D eigenvalue weighted by atomic mass is 10.2. The van der Waals surface area contributed by atoms with Gasteiger partial charge in [-0.3, -0.25) is 20.4 Å². The minimum atomic E-state index is -0.432. The minimum Gasteiger partial charge on any atom is -0.493 e. The molecule has 2 amide bonds. The van der Waals surface area contributed by atoms with Crippen molar-refractivity contribution in [3.8, 4) is 17.2 Å². The lowest BCUT2D eigenvalue weighted by molar-refractivity contribution is -0.122. The summed E-state index contributed by atoms with van der Waals surface area (Å²) in [4.78, 5) is 24.0. The maximum absolute atomic E-state index is 12.2. The molecule has 0 spiro atoms. The highest BCUT2D eigenvalue weighted by Crippen LogP contribution is 2.30. The van der Waals surface area contributed by atoms with Gasteiger partial charge in [0.15, 0.2) is 11.5 Å². The Morgan fingerprint density at radius 1 is 1.07 bits per heavy atom. The lowest BCUT2D eigenvalue weighted by Crippen LogP contribution is -2.41. The number of rotatable bonds is 6. The zero-order valence-corrected chi connectivity index (χ0v) is 16.2. The Morgan fingerprint density at radius 3 is 2.64 bits per heavy atom. The van der Waals surface area contributed by atoms with Crippen LogP contribution in [-0.4, -0.2) is 31.6 Å². The van der Waals surface area contributed by atoms with Crippen molar-refractivity contribution >= 4 is 23.4 Å². The SMILES string of the molecule is Cc1cc(Cl)ccc1OCCCC(=O)NNC(=O)c1ccc2c(c1)OCCO2. The highest BCUT2D eigenvalue weighted by atomic mass is 35.5. The monoisotopic (exact) mass is 404 g/mol. The number of amides is 2. The van der Waals surface area contributed by atoms with E-state index in [9.17, 15) is 9.59 Å². The summed E-state index contributed by atoms with van der Waals surface area (Å²) >= 11 is 5.90. The van der Waals surface area contributed by atoms with Crippen LogP contribution >= 0.6 is 11.6 Å². The molecule has 0 aliphatic carbocycles. The Hall–Kier alpha value is -2.93. The van der Waals surface area contributed by atoms with E-state index in [4.69, 9.17) is 25.8 Å². The van der Waals surface area contributed by atoms with Gasteiger partial charge in [0.2, 0.25) is 5.91 Å². The summed E-state index contributed by atoms with van der Waals surface area (Å²) < 4.78 is 16.5. The minimum absolute atomic E-state index is 0.216. The number of benzene rings is 2. The zero-order valence-electron chi connectivity index (χ0n) is 15.4. The van der Waals surface area contributed by atoms with Gasteiger partial charge in [0, 0.05) is 17.0 Å². The van der Waals surface area contributed by atoms with Crippen molar-refractivity contribution in [3.63, 3.8) is 0 Å². The Morgan fingerprint density at radius 2 is 1.86 bits per heavy atom. The van der Waals surface area contributed by atoms with Crippen molar-refractivity contribution < 1.29 is 23.8 Å². The van der Waals surface area contributed by atoms with Crippen LogP contribution in [0.3, 0.4) is 0 Å². The largest absolute Gasteiger partial charge is 0.493 e. The van der Waals surface area contributed by atoms with Gasteiger partial charge in [-0.05, 0) is 55.3 Å². The van der Waals surface area contributed by atoms with Crippen LogP contribution in [0.2, 0.25) is 5.02 Å². The fourth-order valence-electron chi connectivity index (χ4n) is 2.64. The molecule has 2 aromatic carbocycles. The van der Waals surface area contributed by atoms with Gasteiger partial charge < -0.3 is 14.2 Å². The van der Waals surface area contributed by atoms with Gasteiger partial charge in [-0.25, -0.2) is 0 Å². The molecule has 0 aromatic heterocycles. The van der Waals surface area contributed by atoms with Gasteiger partial charge in [0.05, 0.1) is 6.61 Å². The molecule has 0 atom stereocenters. The van der Waals surface area contributed by atoms with E-state index < -0.39 is 5.91 Å². The quantitative estimate of drug-likeness (QED) is 0.571. The number of nitrogens with one attached hydrogen (secondary N) is 2. The topological polar surface area (TPSA) is 85.9 Å². The van der Waals surface area contributed by atoms with Crippen LogP contribution in [0, 0.1) is 6.92 Å². The van der Waals surface area contributed by atoms with Crippen LogP contribution in [0.1, 0.15) is 28.8 Å². The molecule has 3 rings (SSSR count). The molecule has 0 radical (unpaired) electrons. The van der Waals surface area contributed by atoms with Gasteiger partial charge in [-0.2, -0.15) is 0 Å². The summed E-state index contributed by atoms with van der Waals surface area (Å²) in [7, 11) is 0. The van der Waals surface area contributed by atoms with Gasteiger partial charge >= 0.3 is 0 Å². The van der Waals surface area contributed by atoms with Gasteiger partial charge in [-0.1, -0.05) is 11.6 Å². The van der Waals surface area contributed by atoms with E-state index in [0.717, 1.165) is 11.3 Å². The maximum atomic E-state index is 12.2. The molecular formula is C20H21ClN2O5. The summed E-state index contributed by atoms with van der Waals surface area (Å²) in [6.07, 6.45) is 0.724. The average Bonchev–Trinajstić information content (AvgIpc) is 2.70. The molecule has 0 unspecified atom stereocenters. The molecule has 0 saturated carbocycles. The van der Waals surface area contributed by atoms with E-state index in [1.165, 1.54) is 0 Å². The van der Waals surface area contributed by atoms with Crippen molar-refractivity contribution in [2.45, 2.75) is 19.8 Å². The molecule has 2 aromatic rings. The molecule has 28 heavy (non-hydrogen) atoms. The molecule has 0 saturated heterocycles. The molecule has 1 heterocycles. The first-order valence-electron chi connectivity index (χ1n) is 8.91. The molecule has 1 aliphatic rings. The maximum Gasteiger partial charge on any atom is 0.269 e. The van der Waals surface area contributed by atoms with Crippen LogP contribution in [0.5, 0.6) is 17.2 Å². The van der Waals surface area contributed by atoms with E-state index in [1.807, 2.05) is 13.0 Å². The molecule has 8 heteroatoms. The summed E-state index contributed by atoms with van der Waals surface area (Å²) in [6.45, 7) is 3.20. The standard InChI is InChI=1S/C20H21ClN2O5/c1-13-11-15(21)5-7-16(13)26-8-2-3-19(24)22-23-20(25)14-4-6-17-18(12-14)28-10-9-27-17/h4-7,11-12H,2-3,8-10H2,1H3,(H,22,24)(H,23,25). The van der Waals surface area contributed by atoms with Crippen molar-refractivity contribution in [1.29, 1.82) is 0 Å². The molecule has 148 valence electrons. The first kappa shape index (κ1) is 19.8. The van der Waals surface area contributed by atoms with E-state index >= 15 is 0 Å². The summed E-state index contributed by atoms with van der Waals surface area (Å²) in [5.41, 5.74) is 6.08. The first-order chi connectivity index (χ1) is 13.5. The number of hydrogen-bond donors (Lipinski definition) is 2. The van der Waals surface area contributed by atoms with Gasteiger partial charge in [0.1, 0.15) is 19.0 Å². The van der Waals surface area contributed by atoms with Crippen LogP contribution in [0.15, 0.2) is 36.4 Å². The van der Waals surface area contributed by atoms with Crippen molar-refractivity contribution in [1.82, 2.24) is 10.9 Å². The van der Waals surface area contributed by atoms with Gasteiger partial charge in [0.25, 0.3) is 5.91 Å². The van der Waals surface area contributed by atoms with Crippen molar-refractivity contribution in [3.05, 3.63) is 52.5 Å². The zero-order chi connectivity index (χ0) is 19.9. The normalized spacial score (nSPS) is 12.2. The number of fused-ring (bicyclic) bond motifs is 1.